The van der Waals surface area contributed by atoms with Crippen molar-refractivity contribution in [3.05, 3.63) is 0 Å². The van der Waals surface area contributed by atoms with E-state index in [1.807, 2.05) is 0 Å². The molecule has 0 aliphatic heterocycles. The molecule has 0 heterocycles. The fourth-order valence-corrected chi connectivity index (χ4v) is 8.61. The van der Waals surface area contributed by atoms with Crippen molar-refractivity contribution in [1.29, 1.82) is 0 Å². The van der Waals surface area contributed by atoms with Gasteiger partial charge in [0.05, 0.1) is 0 Å². The first-order chi connectivity index (χ1) is 15.2. The van der Waals surface area contributed by atoms with E-state index in [0.717, 1.165) is 86.0 Å². The fraction of sp³-hybridized carbons (Fsp3) is 1.00. The lowest BCUT2D eigenvalue weighted by Crippen LogP contribution is -2.42. The lowest BCUT2D eigenvalue weighted by molar-refractivity contribution is 0.0206. The minimum Gasteiger partial charge on any atom is -0.330 e. The Morgan fingerprint density at radius 3 is 1.61 bits per heavy atom. The molecular formula is C28H53N3. The molecule has 180 valence electrons. The van der Waals surface area contributed by atoms with Crippen molar-refractivity contribution in [3.8, 4) is 0 Å². The van der Waals surface area contributed by atoms with E-state index in [9.17, 15) is 0 Å². The van der Waals surface area contributed by atoms with Crippen molar-refractivity contribution < 1.29 is 0 Å². The van der Waals surface area contributed by atoms with Gasteiger partial charge in [-0.2, -0.15) is 0 Å². The summed E-state index contributed by atoms with van der Waals surface area (Å²) >= 11 is 0. The zero-order chi connectivity index (χ0) is 21.6. The van der Waals surface area contributed by atoms with E-state index in [2.05, 4.69) is 24.5 Å². The van der Waals surface area contributed by atoms with Crippen LogP contribution in [0.15, 0.2) is 0 Å². The third-order valence-corrected chi connectivity index (χ3v) is 10.7. The van der Waals surface area contributed by atoms with E-state index in [1.165, 1.54) is 77.0 Å². The molecular weight excluding hydrogens is 378 g/mol. The highest BCUT2D eigenvalue weighted by Gasteiger charge is 2.42. The van der Waals surface area contributed by atoms with Crippen molar-refractivity contribution in [3.63, 3.8) is 0 Å². The average Bonchev–Trinajstić information content (AvgIpc) is 2.81. The number of nitrogens with one attached hydrogen (secondary N) is 2. The maximum absolute atomic E-state index is 5.63. The summed E-state index contributed by atoms with van der Waals surface area (Å²) in [6, 6.07) is 0.733. The Kier molecular flexibility index (Phi) is 9.17. The van der Waals surface area contributed by atoms with Crippen LogP contribution in [0.1, 0.15) is 97.3 Å². The van der Waals surface area contributed by atoms with Crippen LogP contribution in [0.4, 0.5) is 0 Å². The van der Waals surface area contributed by atoms with Gasteiger partial charge in [0.25, 0.3) is 0 Å². The van der Waals surface area contributed by atoms with Crippen LogP contribution in [0.5, 0.6) is 0 Å². The van der Waals surface area contributed by atoms with Gasteiger partial charge in [-0.3, -0.25) is 0 Å². The Hall–Kier alpha value is -0.120. The Labute approximate surface area is 193 Å². The molecule has 4 N–H and O–H groups in total. The maximum atomic E-state index is 5.63. The number of fused-ring (bicyclic) bond motifs is 6. The van der Waals surface area contributed by atoms with E-state index < -0.39 is 0 Å². The zero-order valence-electron chi connectivity index (χ0n) is 20.8. The van der Waals surface area contributed by atoms with Crippen LogP contribution < -0.4 is 16.4 Å². The first kappa shape index (κ1) is 24.0. The molecule has 0 aromatic rings. The number of hydrogen-bond donors (Lipinski definition) is 3. The van der Waals surface area contributed by atoms with Gasteiger partial charge in [0.2, 0.25) is 0 Å². The molecule has 3 heteroatoms. The molecule has 6 aliphatic carbocycles. The van der Waals surface area contributed by atoms with E-state index in [1.54, 1.807) is 0 Å². The quantitative estimate of drug-likeness (QED) is 0.333. The van der Waals surface area contributed by atoms with E-state index in [0.29, 0.717) is 0 Å². The fourth-order valence-electron chi connectivity index (χ4n) is 8.61. The van der Waals surface area contributed by atoms with Crippen LogP contribution in [0.2, 0.25) is 0 Å². The van der Waals surface area contributed by atoms with Crippen LogP contribution in [-0.2, 0) is 0 Å². The topological polar surface area (TPSA) is 50.1 Å². The molecule has 31 heavy (non-hydrogen) atoms. The molecule has 0 saturated heterocycles. The highest BCUT2D eigenvalue weighted by Crippen LogP contribution is 2.51. The van der Waals surface area contributed by atoms with Crippen LogP contribution in [-0.4, -0.2) is 32.2 Å². The summed E-state index contributed by atoms with van der Waals surface area (Å²) in [5.74, 6) is 8.20. The van der Waals surface area contributed by atoms with Gasteiger partial charge >= 0.3 is 0 Å². The van der Waals surface area contributed by atoms with Crippen LogP contribution in [0.25, 0.3) is 0 Å². The molecule has 4 atom stereocenters. The monoisotopic (exact) mass is 431 g/mol. The maximum Gasteiger partial charge on any atom is 0.00793 e. The third-order valence-electron chi connectivity index (χ3n) is 10.7. The minimum absolute atomic E-state index is 0.733. The summed E-state index contributed by atoms with van der Waals surface area (Å²) in [4.78, 5) is 0. The van der Waals surface area contributed by atoms with Crippen molar-refractivity contribution >= 4 is 0 Å². The van der Waals surface area contributed by atoms with Crippen molar-refractivity contribution in [2.75, 3.05) is 26.2 Å². The SMILES string of the molecule is CC1C2CCC(CC2)C1CCC(CCC1C2CCC(CC2)C1C)NCCNCCCN. The molecule has 0 amide bonds. The normalized spacial score (nSPS) is 40.4. The summed E-state index contributed by atoms with van der Waals surface area (Å²) in [6.07, 6.45) is 19.1. The molecule has 0 radical (unpaired) electrons. The van der Waals surface area contributed by atoms with Gasteiger partial charge in [-0.25, -0.2) is 0 Å². The summed E-state index contributed by atoms with van der Waals surface area (Å²) in [5.41, 5.74) is 5.63. The largest absolute Gasteiger partial charge is 0.330 e. The molecule has 3 nitrogen and oxygen atoms in total. The lowest BCUT2D eigenvalue weighted by Gasteiger charge is -2.48. The predicted octanol–water partition coefficient (Wildman–Crippen LogP) is 5.59. The first-order valence-electron chi connectivity index (χ1n) is 14.3. The smallest absolute Gasteiger partial charge is 0.00793 e. The molecule has 0 spiro atoms. The number of nitrogens with two attached hydrogens (primary N) is 1. The Balaban J connectivity index is 1.26. The molecule has 4 bridgehead atoms. The van der Waals surface area contributed by atoms with E-state index in [-0.39, 0.29) is 0 Å². The zero-order valence-corrected chi connectivity index (χ0v) is 20.8. The van der Waals surface area contributed by atoms with Crippen molar-refractivity contribution in [2.24, 2.45) is 53.1 Å². The van der Waals surface area contributed by atoms with Gasteiger partial charge in [-0.05, 0) is 144 Å². The summed E-state index contributed by atoms with van der Waals surface area (Å²) in [5, 5.41) is 7.57. The van der Waals surface area contributed by atoms with Gasteiger partial charge in [0.1, 0.15) is 0 Å². The van der Waals surface area contributed by atoms with Gasteiger partial charge in [0.15, 0.2) is 0 Å². The summed E-state index contributed by atoms with van der Waals surface area (Å²) in [7, 11) is 0. The van der Waals surface area contributed by atoms with Crippen molar-refractivity contribution in [2.45, 2.75) is 103 Å². The highest BCUT2D eigenvalue weighted by molar-refractivity contribution is 4.93. The number of rotatable bonds is 13. The predicted molar refractivity (Wildman–Crippen MR) is 133 cm³/mol. The molecule has 0 aromatic carbocycles. The first-order valence-corrected chi connectivity index (χ1v) is 14.3. The van der Waals surface area contributed by atoms with Crippen LogP contribution in [0, 0.1) is 47.3 Å². The molecule has 6 aliphatic rings. The molecule has 6 fully saturated rings. The summed E-state index contributed by atoms with van der Waals surface area (Å²) in [6.45, 7) is 9.25. The second-order valence-corrected chi connectivity index (χ2v) is 12.1. The average molecular weight is 432 g/mol. The van der Waals surface area contributed by atoms with Gasteiger partial charge in [0, 0.05) is 19.1 Å². The molecule has 6 rings (SSSR count). The summed E-state index contributed by atoms with van der Waals surface area (Å²) < 4.78 is 0. The van der Waals surface area contributed by atoms with E-state index in [4.69, 9.17) is 5.73 Å². The van der Waals surface area contributed by atoms with Crippen LogP contribution >= 0.6 is 0 Å². The van der Waals surface area contributed by atoms with Gasteiger partial charge in [-0.1, -0.05) is 13.8 Å². The standard InChI is InChI=1S/C28H53N3/c1-20-22-4-8-24(9-5-22)27(20)14-12-26(31-19-18-30-17-3-16-29)13-15-28-21(2)23-6-10-25(28)11-7-23/h20-28,30-31H,3-19,29H2,1-2H3. The van der Waals surface area contributed by atoms with Gasteiger partial charge < -0.3 is 16.4 Å². The highest BCUT2D eigenvalue weighted by atomic mass is 15.0. The number of hydrogen-bond acceptors (Lipinski definition) is 3. The molecule has 6 saturated carbocycles. The van der Waals surface area contributed by atoms with E-state index >= 15 is 0 Å². The van der Waals surface area contributed by atoms with Crippen molar-refractivity contribution in [1.82, 2.24) is 10.6 Å². The van der Waals surface area contributed by atoms with Crippen LogP contribution in [0.3, 0.4) is 0 Å². The second kappa shape index (κ2) is 11.8. The Morgan fingerprint density at radius 1 is 0.677 bits per heavy atom. The minimum atomic E-state index is 0.733. The Morgan fingerprint density at radius 2 is 1.16 bits per heavy atom. The second-order valence-electron chi connectivity index (χ2n) is 12.1. The Bertz CT molecular complexity index is 464. The lowest BCUT2D eigenvalue weighted by atomic mass is 9.57. The molecule has 4 unspecified atom stereocenters. The molecule has 0 aromatic heterocycles. The third kappa shape index (κ3) is 6.07. The van der Waals surface area contributed by atoms with Gasteiger partial charge in [-0.15, -0.1) is 0 Å².